The highest BCUT2D eigenvalue weighted by Crippen LogP contribution is 2.37. The highest BCUT2D eigenvalue weighted by molar-refractivity contribution is 5.95. The van der Waals surface area contributed by atoms with Crippen molar-refractivity contribution in [1.29, 1.82) is 0 Å². The summed E-state index contributed by atoms with van der Waals surface area (Å²) < 4.78 is 5.30. The van der Waals surface area contributed by atoms with Crippen LogP contribution in [0.25, 0.3) is 0 Å². The molecular weight excluding hydrogens is 446 g/mol. The van der Waals surface area contributed by atoms with Crippen molar-refractivity contribution in [3.8, 4) is 0 Å². The van der Waals surface area contributed by atoms with Crippen LogP contribution >= 0.6 is 0 Å². The Labute approximate surface area is 203 Å². The van der Waals surface area contributed by atoms with E-state index in [0.29, 0.717) is 5.56 Å². The van der Waals surface area contributed by atoms with Crippen molar-refractivity contribution in [3.05, 3.63) is 106 Å². The number of non-ortho nitro benzene ring substituents is 1. The second kappa shape index (κ2) is 10.4. The van der Waals surface area contributed by atoms with E-state index in [4.69, 9.17) is 4.74 Å². The van der Waals surface area contributed by atoms with Crippen molar-refractivity contribution in [3.63, 3.8) is 0 Å². The Morgan fingerprint density at radius 3 is 2.17 bits per heavy atom. The van der Waals surface area contributed by atoms with Gasteiger partial charge in [-0.3, -0.25) is 14.9 Å². The summed E-state index contributed by atoms with van der Waals surface area (Å²) in [6.45, 7) is 3.94. The van der Waals surface area contributed by atoms with Crippen LogP contribution in [0.3, 0.4) is 0 Å². The molecular formula is C27H27N3O5. The topological polar surface area (TPSA) is 102 Å². The zero-order valence-corrected chi connectivity index (χ0v) is 19.5. The van der Waals surface area contributed by atoms with E-state index in [2.05, 4.69) is 5.32 Å². The van der Waals surface area contributed by atoms with Gasteiger partial charge in [-0.05, 0) is 29.2 Å². The molecule has 1 N–H and O–H groups in total. The summed E-state index contributed by atoms with van der Waals surface area (Å²) in [6, 6.07) is 23.8. The number of nitro groups is 1. The summed E-state index contributed by atoms with van der Waals surface area (Å²) in [6.07, 6.45) is -0.670. The molecule has 0 saturated carbocycles. The van der Waals surface area contributed by atoms with E-state index in [1.807, 2.05) is 74.5 Å². The van der Waals surface area contributed by atoms with Crippen LogP contribution in [0.15, 0.2) is 84.9 Å². The van der Waals surface area contributed by atoms with Gasteiger partial charge in [-0.15, -0.1) is 0 Å². The Kier molecular flexibility index (Phi) is 7.10. The zero-order chi connectivity index (χ0) is 24.9. The Morgan fingerprint density at radius 2 is 1.60 bits per heavy atom. The number of cyclic esters (lactones) is 1. The van der Waals surface area contributed by atoms with Crippen LogP contribution in [-0.2, 0) is 9.53 Å². The van der Waals surface area contributed by atoms with Gasteiger partial charge in [0.25, 0.3) is 5.69 Å². The number of anilines is 1. The molecule has 3 atom stereocenters. The van der Waals surface area contributed by atoms with Gasteiger partial charge in [0.2, 0.25) is 5.91 Å². The normalized spacial score (nSPS) is 17.1. The molecule has 1 aliphatic rings. The maximum Gasteiger partial charge on any atom is 0.417 e. The van der Waals surface area contributed by atoms with Gasteiger partial charge in [-0.1, -0.05) is 74.5 Å². The van der Waals surface area contributed by atoms with Gasteiger partial charge in [-0.25, -0.2) is 9.69 Å². The minimum atomic E-state index is -0.670. The number of amides is 2. The second-order valence-electron chi connectivity index (χ2n) is 8.82. The van der Waals surface area contributed by atoms with Crippen molar-refractivity contribution in [2.75, 3.05) is 11.9 Å². The molecule has 8 heteroatoms. The number of hydrogen-bond donors (Lipinski definition) is 1. The first-order chi connectivity index (χ1) is 16.9. The number of nitro benzene ring substituents is 1. The highest BCUT2D eigenvalue weighted by Gasteiger charge is 2.45. The van der Waals surface area contributed by atoms with Crippen LogP contribution in [0.5, 0.6) is 0 Å². The number of ether oxygens (including phenoxy) is 1. The van der Waals surface area contributed by atoms with Gasteiger partial charge in [0.05, 0.1) is 16.9 Å². The average molecular weight is 474 g/mol. The number of nitrogens with one attached hydrogen (secondary N) is 1. The van der Waals surface area contributed by atoms with Gasteiger partial charge < -0.3 is 10.1 Å². The second-order valence-corrected chi connectivity index (χ2v) is 8.82. The fraction of sp³-hybridized carbons (Fsp3) is 0.259. The summed E-state index contributed by atoms with van der Waals surface area (Å²) >= 11 is 0. The molecule has 1 saturated heterocycles. The molecule has 1 fully saturated rings. The summed E-state index contributed by atoms with van der Waals surface area (Å²) in [5.41, 5.74) is 2.28. The predicted molar refractivity (Wildman–Crippen MR) is 132 cm³/mol. The van der Waals surface area contributed by atoms with Crippen LogP contribution in [0.2, 0.25) is 0 Å². The van der Waals surface area contributed by atoms with E-state index in [9.17, 15) is 19.7 Å². The molecule has 2 amide bonds. The lowest BCUT2D eigenvalue weighted by Crippen LogP contribution is -2.44. The summed E-state index contributed by atoms with van der Waals surface area (Å²) in [4.78, 5) is 38.7. The molecule has 180 valence electrons. The van der Waals surface area contributed by atoms with E-state index in [0.717, 1.165) is 11.3 Å². The maximum atomic E-state index is 14.0. The number of nitrogens with zero attached hydrogens (tertiary/aromatic N) is 2. The van der Waals surface area contributed by atoms with Gasteiger partial charge >= 0.3 is 6.09 Å². The Morgan fingerprint density at radius 1 is 1.00 bits per heavy atom. The van der Waals surface area contributed by atoms with Crippen LogP contribution < -0.4 is 5.32 Å². The molecule has 1 heterocycles. The van der Waals surface area contributed by atoms with Gasteiger partial charge in [-0.2, -0.15) is 0 Å². The molecule has 0 bridgehead atoms. The molecule has 8 nitrogen and oxygen atoms in total. The quantitative estimate of drug-likeness (QED) is 0.331. The molecule has 0 radical (unpaired) electrons. The standard InChI is InChI=1S/C27H27N3O5/c1-18(2)24(26(31)29-23(17-35-27(29)32)19-9-5-3-6-10-19)25(28-21-11-7-4-8-12-21)20-13-15-22(16-14-20)30(33)34/h3-16,18,23-25,28H,17H2,1-2H3/t23?,24?,25-/m1/s1. The van der Waals surface area contributed by atoms with Crippen LogP contribution in [-0.4, -0.2) is 28.4 Å². The van der Waals surface area contributed by atoms with E-state index >= 15 is 0 Å². The number of imide groups is 1. The van der Waals surface area contributed by atoms with E-state index in [-0.39, 0.29) is 24.1 Å². The molecule has 3 aromatic rings. The monoisotopic (exact) mass is 473 g/mol. The molecule has 3 aromatic carbocycles. The predicted octanol–water partition coefficient (Wildman–Crippen LogP) is 5.74. The third-order valence-electron chi connectivity index (χ3n) is 6.22. The average Bonchev–Trinajstić information content (AvgIpc) is 3.26. The summed E-state index contributed by atoms with van der Waals surface area (Å²) in [5.74, 6) is -1.18. The first kappa shape index (κ1) is 23.9. The fourth-order valence-electron chi connectivity index (χ4n) is 4.46. The number of para-hydroxylation sites is 1. The van der Waals surface area contributed by atoms with Crippen molar-refractivity contribution >= 4 is 23.4 Å². The Bertz CT molecular complexity index is 1180. The number of carbonyl (C=O) groups is 2. The highest BCUT2D eigenvalue weighted by atomic mass is 16.6. The SMILES string of the molecule is CC(C)C(C(=O)N1C(=O)OCC1c1ccccc1)[C@H](Nc1ccccc1)c1ccc([N+](=O)[O-])cc1. The van der Waals surface area contributed by atoms with Gasteiger partial charge in [0.1, 0.15) is 12.6 Å². The van der Waals surface area contributed by atoms with Gasteiger partial charge in [0, 0.05) is 17.8 Å². The maximum absolute atomic E-state index is 14.0. The number of hydrogen-bond acceptors (Lipinski definition) is 6. The fourth-order valence-corrected chi connectivity index (χ4v) is 4.46. The number of rotatable bonds is 8. The van der Waals surface area contributed by atoms with Crippen LogP contribution in [0, 0.1) is 22.0 Å². The molecule has 0 spiro atoms. The lowest BCUT2D eigenvalue weighted by molar-refractivity contribution is -0.384. The Balaban J connectivity index is 1.74. The van der Waals surface area contributed by atoms with Crippen molar-refractivity contribution < 1.29 is 19.2 Å². The summed E-state index contributed by atoms with van der Waals surface area (Å²) in [7, 11) is 0. The largest absolute Gasteiger partial charge is 0.446 e. The molecule has 35 heavy (non-hydrogen) atoms. The summed E-state index contributed by atoms with van der Waals surface area (Å²) in [5, 5.41) is 14.6. The molecule has 0 aliphatic carbocycles. The lowest BCUT2D eigenvalue weighted by atomic mass is 9.82. The molecule has 0 aromatic heterocycles. The number of carbonyl (C=O) groups excluding carboxylic acids is 2. The third-order valence-corrected chi connectivity index (χ3v) is 6.22. The smallest absolute Gasteiger partial charge is 0.417 e. The van der Waals surface area contributed by atoms with E-state index in [1.165, 1.54) is 17.0 Å². The minimum Gasteiger partial charge on any atom is -0.446 e. The van der Waals surface area contributed by atoms with E-state index < -0.39 is 29.0 Å². The lowest BCUT2D eigenvalue weighted by Gasteiger charge is -2.34. The zero-order valence-electron chi connectivity index (χ0n) is 19.5. The molecule has 4 rings (SSSR count). The molecule has 1 aliphatic heterocycles. The third kappa shape index (κ3) is 5.16. The molecule has 2 unspecified atom stereocenters. The van der Waals surface area contributed by atoms with Crippen molar-refractivity contribution in [2.45, 2.75) is 25.9 Å². The van der Waals surface area contributed by atoms with Crippen molar-refractivity contribution in [2.24, 2.45) is 11.8 Å². The minimum absolute atomic E-state index is 0.0353. The number of benzene rings is 3. The first-order valence-electron chi connectivity index (χ1n) is 11.5. The first-order valence-corrected chi connectivity index (χ1v) is 11.5. The van der Waals surface area contributed by atoms with Crippen molar-refractivity contribution in [1.82, 2.24) is 4.90 Å². The van der Waals surface area contributed by atoms with Gasteiger partial charge in [0.15, 0.2) is 0 Å². The Hall–Kier alpha value is -4.20. The van der Waals surface area contributed by atoms with Crippen LogP contribution in [0.4, 0.5) is 16.2 Å². The van der Waals surface area contributed by atoms with E-state index in [1.54, 1.807) is 12.1 Å². The van der Waals surface area contributed by atoms with Crippen LogP contribution in [0.1, 0.15) is 37.1 Å².